The van der Waals surface area contributed by atoms with Crippen LogP contribution in [0.15, 0.2) is 97.1 Å². The molecule has 0 spiro atoms. The molecule has 0 bridgehead atoms. The minimum atomic E-state index is -0.528. The molecule has 0 fully saturated rings. The number of rotatable bonds is 10. The summed E-state index contributed by atoms with van der Waals surface area (Å²) in [6.45, 7) is 0.326. The monoisotopic (exact) mass is 553 g/mol. The molecule has 1 N–H and O–H groups in total. The van der Waals surface area contributed by atoms with Gasteiger partial charge >= 0.3 is 6.01 Å². The van der Waals surface area contributed by atoms with Gasteiger partial charge in [0, 0.05) is 35.4 Å². The number of nitro benzene ring substituents is 1. The highest BCUT2D eigenvalue weighted by Gasteiger charge is 2.16. The van der Waals surface area contributed by atoms with Crippen molar-refractivity contribution in [2.75, 3.05) is 19.0 Å². The highest BCUT2D eigenvalue weighted by atomic mass is 19.1. The number of carbonyl (C=O) groups excluding carboxylic acids is 1. The fourth-order valence-electron chi connectivity index (χ4n) is 4.02. The summed E-state index contributed by atoms with van der Waals surface area (Å²) >= 11 is 0. The van der Waals surface area contributed by atoms with Crippen molar-refractivity contribution < 1.29 is 23.6 Å². The van der Waals surface area contributed by atoms with Crippen LogP contribution in [0.4, 0.5) is 15.8 Å². The number of carbonyl (C=O) groups is 1. The first-order chi connectivity index (χ1) is 19.9. The highest BCUT2D eigenvalue weighted by molar-refractivity contribution is 6.04. The fourth-order valence-corrected chi connectivity index (χ4v) is 4.02. The van der Waals surface area contributed by atoms with Gasteiger partial charge in [-0.2, -0.15) is 4.98 Å². The summed E-state index contributed by atoms with van der Waals surface area (Å²) in [6, 6.07) is 25.9. The van der Waals surface area contributed by atoms with Gasteiger partial charge in [0.1, 0.15) is 11.6 Å². The average Bonchev–Trinajstić information content (AvgIpc) is 3.42. The van der Waals surface area contributed by atoms with E-state index in [2.05, 4.69) is 15.4 Å². The number of anilines is 1. The third-order valence-corrected chi connectivity index (χ3v) is 6.16. The van der Waals surface area contributed by atoms with E-state index in [-0.39, 0.29) is 17.3 Å². The van der Waals surface area contributed by atoms with Gasteiger partial charge in [0.05, 0.1) is 24.3 Å². The molecular formula is C30H24FN5O5. The zero-order chi connectivity index (χ0) is 28.8. The number of nitrogens with zero attached hydrogens (tertiary/aromatic N) is 4. The second-order valence-electron chi connectivity index (χ2n) is 8.89. The van der Waals surface area contributed by atoms with Gasteiger partial charge in [-0.1, -0.05) is 24.3 Å². The van der Waals surface area contributed by atoms with Gasteiger partial charge in [-0.3, -0.25) is 14.9 Å². The number of amides is 1. The van der Waals surface area contributed by atoms with Crippen LogP contribution in [-0.2, 0) is 6.42 Å². The fraction of sp³-hybridized carbons (Fsp3) is 0.100. The van der Waals surface area contributed by atoms with Crippen LogP contribution in [0.5, 0.6) is 11.8 Å². The number of hydrogen-bond donors (Lipinski definition) is 1. The van der Waals surface area contributed by atoms with Gasteiger partial charge in [0.25, 0.3) is 11.6 Å². The zero-order valence-corrected chi connectivity index (χ0v) is 21.9. The van der Waals surface area contributed by atoms with Gasteiger partial charge in [-0.25, -0.2) is 9.07 Å². The smallest absolute Gasteiger partial charge is 0.336 e. The molecule has 0 aliphatic heterocycles. The summed E-state index contributed by atoms with van der Waals surface area (Å²) < 4.78 is 26.6. The number of nitrogens with one attached hydrogen (secondary N) is 1. The Kier molecular flexibility index (Phi) is 7.95. The van der Waals surface area contributed by atoms with E-state index in [1.54, 1.807) is 48.2 Å². The minimum absolute atomic E-state index is 0.100. The molecule has 0 unspecified atom stereocenters. The molecule has 1 amide bonds. The number of halogens is 1. The van der Waals surface area contributed by atoms with E-state index in [9.17, 15) is 19.3 Å². The molecular weight excluding hydrogens is 529 g/mol. The first kappa shape index (κ1) is 27.0. The molecule has 0 saturated heterocycles. The SMILES string of the molecule is COc1ccc(CCOc2nc(-c3cccc(F)c3)n(-c3ccc(NC(=O)c4ccc([N+](=O)[O-])cc4)cc3)n2)cc1. The van der Waals surface area contributed by atoms with E-state index >= 15 is 0 Å². The lowest BCUT2D eigenvalue weighted by molar-refractivity contribution is -0.384. The van der Waals surface area contributed by atoms with Crippen molar-refractivity contribution in [1.29, 1.82) is 0 Å². The molecule has 5 aromatic rings. The molecule has 4 aromatic carbocycles. The molecule has 10 nitrogen and oxygen atoms in total. The number of ether oxygens (including phenoxy) is 2. The number of non-ortho nitro benzene ring substituents is 1. The first-order valence-electron chi connectivity index (χ1n) is 12.5. The quantitative estimate of drug-likeness (QED) is 0.170. The van der Waals surface area contributed by atoms with E-state index in [4.69, 9.17) is 9.47 Å². The molecule has 1 heterocycles. The van der Waals surface area contributed by atoms with Crippen molar-refractivity contribution in [2.24, 2.45) is 0 Å². The Hall–Kier alpha value is -5.58. The van der Waals surface area contributed by atoms with Crippen LogP contribution in [0.3, 0.4) is 0 Å². The maximum atomic E-state index is 14.0. The molecule has 5 rings (SSSR count). The second-order valence-corrected chi connectivity index (χ2v) is 8.89. The number of aromatic nitrogens is 3. The lowest BCUT2D eigenvalue weighted by atomic mass is 10.1. The Labute approximate surface area is 234 Å². The molecule has 1 aromatic heterocycles. The van der Waals surface area contributed by atoms with E-state index in [1.165, 1.54) is 36.4 Å². The Morgan fingerprint density at radius 1 is 1.00 bits per heavy atom. The standard InChI is InChI=1S/C30H24FN5O5/c1-40-27-15-5-20(6-16-27)17-18-41-30-33-28(22-3-2-4-23(31)19-22)35(34-30)25-13-9-24(10-14-25)32-29(37)21-7-11-26(12-8-21)36(38)39/h2-16,19H,17-18H2,1H3,(H,32,37). The highest BCUT2D eigenvalue weighted by Crippen LogP contribution is 2.25. The summed E-state index contributed by atoms with van der Waals surface area (Å²) in [7, 11) is 1.61. The number of methoxy groups -OCH3 is 1. The Bertz CT molecular complexity index is 1670. The van der Waals surface area contributed by atoms with Crippen LogP contribution >= 0.6 is 0 Å². The minimum Gasteiger partial charge on any atom is -0.497 e. The second kappa shape index (κ2) is 12.1. The predicted octanol–water partition coefficient (Wildman–Crippen LogP) is 5.86. The normalized spacial score (nSPS) is 10.7. The van der Waals surface area contributed by atoms with Gasteiger partial charge in [0.2, 0.25) is 0 Å². The predicted molar refractivity (Wildman–Crippen MR) is 150 cm³/mol. The van der Waals surface area contributed by atoms with Crippen LogP contribution in [0, 0.1) is 15.9 Å². The first-order valence-corrected chi connectivity index (χ1v) is 12.5. The summed E-state index contributed by atoms with van der Waals surface area (Å²) in [5, 5.41) is 18.1. The van der Waals surface area contributed by atoms with Crippen LogP contribution < -0.4 is 14.8 Å². The van der Waals surface area contributed by atoms with Crippen molar-refractivity contribution in [1.82, 2.24) is 14.8 Å². The van der Waals surface area contributed by atoms with Crippen molar-refractivity contribution in [2.45, 2.75) is 6.42 Å². The molecule has 11 heteroatoms. The molecule has 0 atom stereocenters. The maximum Gasteiger partial charge on any atom is 0.336 e. The topological polar surface area (TPSA) is 121 Å². The van der Waals surface area contributed by atoms with Gasteiger partial charge in [0.15, 0.2) is 5.82 Å². The van der Waals surface area contributed by atoms with Crippen LogP contribution in [0.25, 0.3) is 17.1 Å². The van der Waals surface area contributed by atoms with Crippen molar-refractivity contribution in [3.05, 3.63) is 124 Å². The Morgan fingerprint density at radius 3 is 2.39 bits per heavy atom. The van der Waals surface area contributed by atoms with E-state index in [0.29, 0.717) is 35.8 Å². The van der Waals surface area contributed by atoms with Crippen molar-refractivity contribution in [3.63, 3.8) is 0 Å². The Morgan fingerprint density at radius 2 is 1.73 bits per heavy atom. The zero-order valence-electron chi connectivity index (χ0n) is 21.9. The maximum absolute atomic E-state index is 14.0. The number of benzene rings is 4. The summed E-state index contributed by atoms with van der Waals surface area (Å²) in [5.74, 6) is 0.322. The van der Waals surface area contributed by atoms with Gasteiger partial charge in [-0.15, -0.1) is 5.10 Å². The molecule has 206 valence electrons. The lowest BCUT2D eigenvalue weighted by Crippen LogP contribution is -2.12. The third kappa shape index (κ3) is 6.53. The van der Waals surface area contributed by atoms with Crippen molar-refractivity contribution in [3.8, 4) is 28.8 Å². The van der Waals surface area contributed by atoms with E-state index in [0.717, 1.165) is 11.3 Å². The number of nitro groups is 1. The van der Waals surface area contributed by atoms with Gasteiger partial charge in [-0.05, 0) is 66.2 Å². The third-order valence-electron chi connectivity index (χ3n) is 6.16. The largest absolute Gasteiger partial charge is 0.497 e. The molecule has 0 saturated carbocycles. The number of hydrogen-bond acceptors (Lipinski definition) is 7. The molecule has 41 heavy (non-hydrogen) atoms. The van der Waals surface area contributed by atoms with Crippen LogP contribution in [-0.4, -0.2) is 39.3 Å². The Balaban J connectivity index is 1.33. The van der Waals surface area contributed by atoms with E-state index < -0.39 is 16.6 Å². The van der Waals surface area contributed by atoms with Crippen molar-refractivity contribution >= 4 is 17.3 Å². The van der Waals surface area contributed by atoms with Crippen LogP contribution in [0.1, 0.15) is 15.9 Å². The van der Waals surface area contributed by atoms with Crippen LogP contribution in [0.2, 0.25) is 0 Å². The summed E-state index contributed by atoms with van der Waals surface area (Å²) in [4.78, 5) is 27.4. The van der Waals surface area contributed by atoms with Gasteiger partial charge < -0.3 is 14.8 Å². The summed E-state index contributed by atoms with van der Waals surface area (Å²) in [5.41, 5.74) is 2.85. The molecule has 0 aliphatic carbocycles. The lowest BCUT2D eigenvalue weighted by Gasteiger charge is -2.09. The summed E-state index contributed by atoms with van der Waals surface area (Å²) in [6.07, 6.45) is 0.622. The van der Waals surface area contributed by atoms with E-state index in [1.807, 2.05) is 24.3 Å². The average molecular weight is 554 g/mol. The molecule has 0 radical (unpaired) electrons. The molecule has 0 aliphatic rings.